The van der Waals surface area contributed by atoms with Gasteiger partial charge in [0.2, 0.25) is 0 Å². The van der Waals surface area contributed by atoms with E-state index in [-0.39, 0.29) is 18.3 Å². The van der Waals surface area contributed by atoms with Gasteiger partial charge in [-0.1, -0.05) is 42.5 Å². The predicted octanol–water partition coefficient (Wildman–Crippen LogP) is 7.13. The number of ether oxygens (including phenoxy) is 3. The smallest absolute Gasteiger partial charge is 0.397 e. The van der Waals surface area contributed by atoms with Crippen LogP contribution in [0.3, 0.4) is 0 Å². The molecule has 164 valence electrons. The molecule has 0 aliphatic rings. The number of halogens is 3. The summed E-state index contributed by atoms with van der Waals surface area (Å²) in [6.07, 6.45) is -4.46. The summed E-state index contributed by atoms with van der Waals surface area (Å²) in [6.45, 7) is 3.30. The van der Waals surface area contributed by atoms with Gasteiger partial charge in [-0.15, -0.1) is 0 Å². The quantitative estimate of drug-likeness (QED) is 0.361. The molecule has 0 aliphatic carbocycles. The summed E-state index contributed by atoms with van der Waals surface area (Å²) >= 11 is 0. The molecule has 0 spiro atoms. The maximum Gasteiger partial charge on any atom is 0.397 e. The van der Waals surface area contributed by atoms with E-state index in [4.69, 9.17) is 14.2 Å². The first-order valence-electron chi connectivity index (χ1n) is 10.0. The molecule has 3 aromatic rings. The van der Waals surface area contributed by atoms with Crippen LogP contribution in [0.5, 0.6) is 17.2 Å². The molecule has 0 N–H and O–H groups in total. The molecular formula is C25H25F3O3. The standard InChI is InChI=1S/C25H25F3O3/c1-18(2)30-22-13-11-20(12-14-22)24(25(26,27)28)17-29-16-19-7-6-10-23(15-19)31-21-8-4-3-5-9-21/h3-15,18,24H,16-17H2,1-2H3. The largest absolute Gasteiger partial charge is 0.491 e. The van der Waals surface area contributed by atoms with E-state index in [1.165, 1.54) is 12.1 Å². The molecular weight excluding hydrogens is 405 g/mol. The van der Waals surface area contributed by atoms with Crippen molar-refractivity contribution >= 4 is 0 Å². The Morgan fingerprint density at radius 1 is 0.774 bits per heavy atom. The number of rotatable bonds is 9. The average molecular weight is 430 g/mol. The van der Waals surface area contributed by atoms with Gasteiger partial charge in [-0.2, -0.15) is 13.2 Å². The second kappa shape index (κ2) is 10.4. The van der Waals surface area contributed by atoms with Crippen LogP contribution in [0.4, 0.5) is 13.2 Å². The van der Waals surface area contributed by atoms with Crippen molar-refractivity contribution in [2.45, 2.75) is 38.7 Å². The molecule has 0 saturated carbocycles. The number of hydrogen-bond donors (Lipinski definition) is 0. The zero-order chi connectivity index (χ0) is 22.3. The summed E-state index contributed by atoms with van der Waals surface area (Å²) in [7, 11) is 0. The highest BCUT2D eigenvalue weighted by molar-refractivity contribution is 5.34. The summed E-state index contributed by atoms with van der Waals surface area (Å²) in [4.78, 5) is 0. The lowest BCUT2D eigenvalue weighted by Crippen LogP contribution is -2.25. The average Bonchev–Trinajstić information content (AvgIpc) is 2.72. The summed E-state index contributed by atoms with van der Waals surface area (Å²) in [5.41, 5.74) is 0.875. The van der Waals surface area contributed by atoms with Crippen molar-refractivity contribution in [3.05, 3.63) is 90.0 Å². The molecule has 0 fully saturated rings. The lowest BCUT2D eigenvalue weighted by molar-refractivity contribution is -0.163. The van der Waals surface area contributed by atoms with Crippen LogP contribution in [-0.2, 0) is 11.3 Å². The Bertz CT molecular complexity index is 938. The molecule has 0 bridgehead atoms. The Morgan fingerprint density at radius 3 is 2.10 bits per heavy atom. The molecule has 0 aromatic heterocycles. The van der Waals surface area contributed by atoms with Gasteiger partial charge in [0, 0.05) is 0 Å². The number of para-hydroxylation sites is 1. The zero-order valence-electron chi connectivity index (χ0n) is 17.4. The molecule has 0 amide bonds. The van der Waals surface area contributed by atoms with E-state index in [2.05, 4.69) is 0 Å². The normalized spacial score (nSPS) is 12.6. The maximum atomic E-state index is 13.6. The van der Waals surface area contributed by atoms with Crippen molar-refractivity contribution in [1.29, 1.82) is 0 Å². The monoisotopic (exact) mass is 430 g/mol. The third kappa shape index (κ3) is 7.03. The molecule has 3 aromatic carbocycles. The van der Waals surface area contributed by atoms with E-state index in [1.807, 2.05) is 44.2 Å². The highest BCUT2D eigenvalue weighted by Gasteiger charge is 2.40. The van der Waals surface area contributed by atoms with Gasteiger partial charge in [0.15, 0.2) is 0 Å². The number of benzene rings is 3. The first-order chi connectivity index (χ1) is 14.8. The van der Waals surface area contributed by atoms with E-state index < -0.39 is 18.7 Å². The van der Waals surface area contributed by atoms with Gasteiger partial charge >= 0.3 is 6.18 Å². The lowest BCUT2D eigenvalue weighted by atomic mass is 9.99. The number of hydrogen-bond acceptors (Lipinski definition) is 3. The Hall–Kier alpha value is -2.99. The molecule has 0 heterocycles. The minimum Gasteiger partial charge on any atom is -0.491 e. The van der Waals surface area contributed by atoms with Crippen molar-refractivity contribution in [2.75, 3.05) is 6.61 Å². The van der Waals surface area contributed by atoms with Crippen LogP contribution in [-0.4, -0.2) is 18.9 Å². The SMILES string of the molecule is CC(C)Oc1ccc(C(COCc2cccc(Oc3ccccc3)c2)C(F)(F)F)cc1. The van der Waals surface area contributed by atoms with Gasteiger partial charge < -0.3 is 14.2 Å². The van der Waals surface area contributed by atoms with Crippen molar-refractivity contribution in [3.8, 4) is 17.2 Å². The first kappa shape index (κ1) is 22.7. The molecule has 6 heteroatoms. The fourth-order valence-electron chi connectivity index (χ4n) is 3.05. The van der Waals surface area contributed by atoms with E-state index in [0.29, 0.717) is 17.2 Å². The van der Waals surface area contributed by atoms with E-state index in [9.17, 15) is 13.2 Å². The molecule has 3 nitrogen and oxygen atoms in total. The third-order valence-corrected chi connectivity index (χ3v) is 4.48. The van der Waals surface area contributed by atoms with Gasteiger partial charge in [-0.3, -0.25) is 0 Å². The second-order valence-electron chi connectivity index (χ2n) is 7.41. The molecule has 31 heavy (non-hydrogen) atoms. The van der Waals surface area contributed by atoms with E-state index in [0.717, 1.165) is 5.56 Å². The molecule has 1 atom stereocenters. The summed E-state index contributed by atoms with van der Waals surface area (Å²) < 4.78 is 57.6. The fourth-order valence-corrected chi connectivity index (χ4v) is 3.05. The van der Waals surface area contributed by atoms with Gasteiger partial charge in [0.1, 0.15) is 23.2 Å². The highest BCUT2D eigenvalue weighted by Crippen LogP contribution is 2.36. The Morgan fingerprint density at radius 2 is 1.45 bits per heavy atom. The van der Waals surface area contributed by atoms with E-state index >= 15 is 0 Å². The lowest BCUT2D eigenvalue weighted by Gasteiger charge is -2.21. The first-order valence-corrected chi connectivity index (χ1v) is 10.0. The summed E-state index contributed by atoms with van der Waals surface area (Å²) in [5.74, 6) is 0.100. The molecule has 1 unspecified atom stereocenters. The number of alkyl halides is 3. The zero-order valence-corrected chi connectivity index (χ0v) is 17.4. The van der Waals surface area contributed by atoms with Crippen molar-refractivity contribution in [1.82, 2.24) is 0 Å². The molecule has 3 rings (SSSR count). The van der Waals surface area contributed by atoms with Crippen molar-refractivity contribution in [2.24, 2.45) is 0 Å². The van der Waals surface area contributed by atoms with Crippen molar-refractivity contribution < 1.29 is 27.4 Å². The van der Waals surface area contributed by atoms with Gasteiger partial charge in [-0.25, -0.2) is 0 Å². The Labute approximate surface area is 180 Å². The summed E-state index contributed by atoms with van der Waals surface area (Å²) in [5, 5.41) is 0. The molecule has 0 aliphatic heterocycles. The van der Waals surface area contributed by atoms with Crippen LogP contribution in [0.1, 0.15) is 30.9 Å². The molecule has 0 radical (unpaired) electrons. The van der Waals surface area contributed by atoms with Crippen LogP contribution in [0.2, 0.25) is 0 Å². The van der Waals surface area contributed by atoms with Gasteiger partial charge in [-0.05, 0) is 61.4 Å². The topological polar surface area (TPSA) is 27.7 Å². The fraction of sp³-hybridized carbons (Fsp3) is 0.280. The maximum absolute atomic E-state index is 13.6. The minimum absolute atomic E-state index is 0.0470. The van der Waals surface area contributed by atoms with Gasteiger partial charge in [0.25, 0.3) is 0 Å². The van der Waals surface area contributed by atoms with E-state index in [1.54, 1.807) is 36.4 Å². The van der Waals surface area contributed by atoms with Crippen LogP contribution < -0.4 is 9.47 Å². The van der Waals surface area contributed by atoms with Gasteiger partial charge in [0.05, 0.1) is 19.3 Å². The van der Waals surface area contributed by atoms with Crippen molar-refractivity contribution in [3.63, 3.8) is 0 Å². The Balaban J connectivity index is 1.62. The Kier molecular flexibility index (Phi) is 7.58. The van der Waals surface area contributed by atoms with Crippen LogP contribution in [0.15, 0.2) is 78.9 Å². The summed E-state index contributed by atoms with van der Waals surface area (Å²) in [6, 6.07) is 22.4. The predicted molar refractivity (Wildman–Crippen MR) is 114 cm³/mol. The van der Waals surface area contributed by atoms with Crippen LogP contribution >= 0.6 is 0 Å². The van der Waals surface area contributed by atoms with Crippen LogP contribution in [0, 0.1) is 0 Å². The molecule has 0 saturated heterocycles. The third-order valence-electron chi connectivity index (χ3n) is 4.48. The highest BCUT2D eigenvalue weighted by atomic mass is 19.4. The van der Waals surface area contributed by atoms with Crippen LogP contribution in [0.25, 0.3) is 0 Å². The minimum atomic E-state index is -4.42. The second-order valence-corrected chi connectivity index (χ2v) is 7.41.